The molecule has 16 heavy (non-hydrogen) atoms. The zero-order valence-corrected chi connectivity index (χ0v) is 10.9. The van der Waals surface area contributed by atoms with E-state index in [2.05, 4.69) is 19.1 Å². The molecule has 1 aliphatic rings. The van der Waals surface area contributed by atoms with Gasteiger partial charge in [-0.25, -0.2) is 0 Å². The molecule has 0 saturated heterocycles. The van der Waals surface area contributed by atoms with E-state index in [0.29, 0.717) is 0 Å². The van der Waals surface area contributed by atoms with E-state index in [1.807, 2.05) is 17.8 Å². The van der Waals surface area contributed by atoms with E-state index in [0.717, 1.165) is 10.9 Å². The number of hydrogen-bond acceptors (Lipinski definition) is 2. The molecule has 1 saturated carbocycles. The van der Waals surface area contributed by atoms with Crippen molar-refractivity contribution in [2.45, 2.75) is 55.6 Å². The van der Waals surface area contributed by atoms with Gasteiger partial charge >= 0.3 is 0 Å². The Morgan fingerprint density at radius 1 is 1.12 bits per heavy atom. The van der Waals surface area contributed by atoms with Gasteiger partial charge in [-0.2, -0.15) is 0 Å². The summed E-state index contributed by atoms with van der Waals surface area (Å²) < 4.78 is 0. The van der Waals surface area contributed by atoms with E-state index in [9.17, 15) is 0 Å². The average molecular weight is 235 g/mol. The Bertz CT molecular complexity index is 341. The fraction of sp³-hybridized carbons (Fsp3) is 0.571. The molecule has 2 N–H and O–H groups in total. The number of hydrogen-bond donors (Lipinski definition) is 1. The molecular formula is C14H21NS. The van der Waals surface area contributed by atoms with Crippen molar-refractivity contribution >= 4 is 17.4 Å². The highest BCUT2D eigenvalue weighted by molar-refractivity contribution is 8.00. The molecule has 0 spiro atoms. The molecule has 2 rings (SSSR count). The lowest BCUT2D eigenvalue weighted by molar-refractivity contribution is 0.702. The maximum atomic E-state index is 5.85. The number of anilines is 1. The standard InChI is InChI=1S/C14H21NS/c1-11-8-9-12(15)10-14(11)16-13-6-4-2-3-5-7-13/h8-10,13H,2-7,15H2,1H3. The van der Waals surface area contributed by atoms with Crippen LogP contribution in [0.3, 0.4) is 0 Å². The van der Waals surface area contributed by atoms with E-state index < -0.39 is 0 Å². The van der Waals surface area contributed by atoms with Crippen LogP contribution in [0.25, 0.3) is 0 Å². The number of benzene rings is 1. The second-order valence-corrected chi connectivity index (χ2v) is 6.10. The Kier molecular flexibility index (Phi) is 4.16. The van der Waals surface area contributed by atoms with Crippen LogP contribution in [-0.2, 0) is 0 Å². The number of nitrogen functional groups attached to an aromatic ring is 1. The highest BCUT2D eigenvalue weighted by Gasteiger charge is 2.14. The zero-order valence-electron chi connectivity index (χ0n) is 10.0. The van der Waals surface area contributed by atoms with Gasteiger partial charge < -0.3 is 5.73 Å². The molecule has 0 radical (unpaired) electrons. The van der Waals surface area contributed by atoms with Crippen LogP contribution in [0.1, 0.15) is 44.1 Å². The van der Waals surface area contributed by atoms with Crippen LogP contribution < -0.4 is 5.73 Å². The molecule has 88 valence electrons. The number of rotatable bonds is 2. The Balaban J connectivity index is 2.04. The lowest BCUT2D eigenvalue weighted by atomic mass is 10.2. The van der Waals surface area contributed by atoms with Crippen LogP contribution in [0.5, 0.6) is 0 Å². The van der Waals surface area contributed by atoms with Gasteiger partial charge in [-0.05, 0) is 37.5 Å². The van der Waals surface area contributed by atoms with E-state index in [-0.39, 0.29) is 0 Å². The quantitative estimate of drug-likeness (QED) is 0.607. The highest BCUT2D eigenvalue weighted by atomic mass is 32.2. The molecule has 2 heteroatoms. The Labute approximate surface area is 103 Å². The summed E-state index contributed by atoms with van der Waals surface area (Å²) in [6.45, 7) is 2.18. The van der Waals surface area contributed by atoms with E-state index >= 15 is 0 Å². The van der Waals surface area contributed by atoms with Crippen molar-refractivity contribution in [1.82, 2.24) is 0 Å². The van der Waals surface area contributed by atoms with Gasteiger partial charge in [0.2, 0.25) is 0 Å². The first-order valence-electron chi connectivity index (χ1n) is 6.28. The van der Waals surface area contributed by atoms with Crippen LogP contribution in [-0.4, -0.2) is 5.25 Å². The number of thioether (sulfide) groups is 1. The van der Waals surface area contributed by atoms with Gasteiger partial charge in [0.1, 0.15) is 0 Å². The largest absolute Gasteiger partial charge is 0.399 e. The third-order valence-electron chi connectivity index (χ3n) is 3.31. The van der Waals surface area contributed by atoms with Crippen molar-refractivity contribution in [2.24, 2.45) is 0 Å². The minimum Gasteiger partial charge on any atom is -0.399 e. The van der Waals surface area contributed by atoms with Crippen LogP contribution in [0.4, 0.5) is 5.69 Å². The summed E-state index contributed by atoms with van der Waals surface area (Å²) >= 11 is 2.04. The minimum absolute atomic E-state index is 0.808. The lowest BCUT2D eigenvalue weighted by Crippen LogP contribution is -2.00. The summed E-state index contributed by atoms with van der Waals surface area (Å²) in [6.07, 6.45) is 8.40. The summed E-state index contributed by atoms with van der Waals surface area (Å²) in [5, 5.41) is 0.808. The summed E-state index contributed by atoms with van der Waals surface area (Å²) in [7, 11) is 0. The molecule has 0 unspecified atom stereocenters. The van der Waals surface area contributed by atoms with Crippen LogP contribution in [0, 0.1) is 6.92 Å². The number of nitrogens with two attached hydrogens (primary N) is 1. The second-order valence-electron chi connectivity index (χ2n) is 4.76. The van der Waals surface area contributed by atoms with Gasteiger partial charge in [-0.1, -0.05) is 31.7 Å². The number of aryl methyl sites for hydroxylation is 1. The summed E-state index contributed by atoms with van der Waals surface area (Å²) in [5.74, 6) is 0. The molecular weight excluding hydrogens is 214 g/mol. The molecule has 0 aromatic heterocycles. The van der Waals surface area contributed by atoms with Crippen LogP contribution >= 0.6 is 11.8 Å². The third kappa shape index (κ3) is 3.18. The molecule has 1 fully saturated rings. The van der Waals surface area contributed by atoms with Crippen molar-refractivity contribution < 1.29 is 0 Å². The SMILES string of the molecule is Cc1ccc(N)cc1SC1CCCCCC1. The predicted molar refractivity (Wildman–Crippen MR) is 72.9 cm³/mol. The Morgan fingerprint density at radius 2 is 1.81 bits per heavy atom. The Hall–Kier alpha value is -0.630. The maximum absolute atomic E-state index is 5.85. The van der Waals surface area contributed by atoms with Crippen molar-refractivity contribution in [2.75, 3.05) is 5.73 Å². The molecule has 0 atom stereocenters. The molecule has 1 aromatic carbocycles. The highest BCUT2D eigenvalue weighted by Crippen LogP contribution is 2.35. The Morgan fingerprint density at radius 3 is 2.50 bits per heavy atom. The summed E-state index contributed by atoms with van der Waals surface area (Å²) in [4.78, 5) is 1.38. The zero-order chi connectivity index (χ0) is 11.4. The smallest absolute Gasteiger partial charge is 0.0325 e. The summed E-state index contributed by atoms with van der Waals surface area (Å²) in [6, 6.07) is 6.26. The molecule has 1 aromatic rings. The lowest BCUT2D eigenvalue weighted by Gasteiger charge is -2.15. The first-order chi connectivity index (χ1) is 7.75. The average Bonchev–Trinajstić information content (AvgIpc) is 2.52. The van der Waals surface area contributed by atoms with E-state index in [4.69, 9.17) is 5.73 Å². The van der Waals surface area contributed by atoms with Crippen molar-refractivity contribution in [3.8, 4) is 0 Å². The van der Waals surface area contributed by atoms with Crippen LogP contribution in [0.2, 0.25) is 0 Å². The molecule has 0 bridgehead atoms. The molecule has 0 heterocycles. The predicted octanol–water partition coefficient (Wildman–Crippen LogP) is 4.39. The van der Waals surface area contributed by atoms with Gasteiger partial charge in [0.25, 0.3) is 0 Å². The maximum Gasteiger partial charge on any atom is 0.0325 e. The topological polar surface area (TPSA) is 26.0 Å². The monoisotopic (exact) mass is 235 g/mol. The van der Waals surface area contributed by atoms with Gasteiger partial charge in [-0.3, -0.25) is 0 Å². The molecule has 1 aliphatic carbocycles. The van der Waals surface area contributed by atoms with Crippen molar-refractivity contribution in [3.05, 3.63) is 23.8 Å². The van der Waals surface area contributed by atoms with Gasteiger partial charge in [0.05, 0.1) is 0 Å². The van der Waals surface area contributed by atoms with Gasteiger partial charge in [-0.15, -0.1) is 11.8 Å². The fourth-order valence-electron chi connectivity index (χ4n) is 2.28. The van der Waals surface area contributed by atoms with Gasteiger partial charge in [0.15, 0.2) is 0 Å². The first-order valence-corrected chi connectivity index (χ1v) is 7.16. The third-order valence-corrected chi connectivity index (χ3v) is 4.81. The second kappa shape index (κ2) is 5.62. The normalized spacial score (nSPS) is 18.3. The van der Waals surface area contributed by atoms with Crippen molar-refractivity contribution in [1.29, 1.82) is 0 Å². The van der Waals surface area contributed by atoms with E-state index in [1.165, 1.54) is 49.0 Å². The fourth-order valence-corrected chi connectivity index (χ4v) is 3.67. The first kappa shape index (κ1) is 11.8. The van der Waals surface area contributed by atoms with Crippen LogP contribution in [0.15, 0.2) is 23.1 Å². The molecule has 0 amide bonds. The van der Waals surface area contributed by atoms with Gasteiger partial charge in [0, 0.05) is 15.8 Å². The summed E-state index contributed by atoms with van der Waals surface area (Å²) in [5.41, 5.74) is 8.10. The van der Waals surface area contributed by atoms with Crippen molar-refractivity contribution in [3.63, 3.8) is 0 Å². The molecule has 0 aliphatic heterocycles. The molecule has 1 nitrogen and oxygen atoms in total. The van der Waals surface area contributed by atoms with E-state index in [1.54, 1.807) is 0 Å². The minimum atomic E-state index is 0.808.